The van der Waals surface area contributed by atoms with Crippen LogP contribution in [0.5, 0.6) is 0 Å². The van der Waals surface area contributed by atoms with E-state index < -0.39 is 0 Å². The molecule has 128 valence electrons. The van der Waals surface area contributed by atoms with E-state index in [9.17, 15) is 4.79 Å². The van der Waals surface area contributed by atoms with Crippen LogP contribution in [0.2, 0.25) is 0 Å². The molecule has 3 aromatic rings. The Morgan fingerprint density at radius 2 is 2.16 bits per heavy atom. The lowest BCUT2D eigenvalue weighted by Crippen LogP contribution is -2.34. The molecule has 4 rings (SSSR count). The molecule has 1 atom stereocenters. The van der Waals surface area contributed by atoms with Gasteiger partial charge in [0, 0.05) is 24.5 Å². The van der Waals surface area contributed by atoms with Crippen molar-refractivity contribution >= 4 is 5.91 Å². The summed E-state index contributed by atoms with van der Waals surface area (Å²) in [6, 6.07) is 6.86. The van der Waals surface area contributed by atoms with E-state index in [1.54, 1.807) is 29.4 Å². The van der Waals surface area contributed by atoms with Crippen LogP contribution in [0.25, 0.3) is 11.4 Å². The minimum atomic E-state index is -0.238. The fourth-order valence-corrected chi connectivity index (χ4v) is 3.13. The summed E-state index contributed by atoms with van der Waals surface area (Å²) in [5.74, 6) is 1.13. The van der Waals surface area contributed by atoms with Gasteiger partial charge in [0.15, 0.2) is 5.76 Å². The molecule has 0 aliphatic carbocycles. The largest absolute Gasteiger partial charge is 0.459 e. The van der Waals surface area contributed by atoms with Crippen molar-refractivity contribution in [2.75, 3.05) is 6.54 Å². The fraction of sp³-hybridized carbons (Fsp3) is 0.333. The molecule has 0 saturated carbocycles. The van der Waals surface area contributed by atoms with E-state index in [0.717, 1.165) is 31.2 Å². The van der Waals surface area contributed by atoms with E-state index in [0.29, 0.717) is 24.0 Å². The molecule has 1 amide bonds. The van der Waals surface area contributed by atoms with E-state index in [1.807, 2.05) is 12.1 Å². The Hall–Kier alpha value is -2.96. The molecule has 0 radical (unpaired) electrons. The highest BCUT2D eigenvalue weighted by atomic mass is 16.5. The number of hydrogen-bond donors (Lipinski definition) is 0. The molecule has 0 aromatic carbocycles. The fourth-order valence-electron chi connectivity index (χ4n) is 3.13. The normalized spacial score (nSPS) is 18.1. The third-order valence-corrected chi connectivity index (χ3v) is 4.39. The Balaban J connectivity index is 1.64. The second-order valence-electron chi connectivity index (χ2n) is 6.04. The molecule has 4 heterocycles. The first-order valence-electron chi connectivity index (χ1n) is 8.41. The highest BCUT2D eigenvalue weighted by Gasteiger charge is 2.32. The van der Waals surface area contributed by atoms with E-state index in [2.05, 4.69) is 15.1 Å². The van der Waals surface area contributed by atoms with Crippen LogP contribution in [0.4, 0.5) is 0 Å². The lowest BCUT2D eigenvalue weighted by atomic mass is 10.1. The summed E-state index contributed by atoms with van der Waals surface area (Å²) in [6.07, 6.45) is 8.72. The first-order chi connectivity index (χ1) is 12.3. The van der Waals surface area contributed by atoms with Gasteiger partial charge in [0.25, 0.3) is 5.91 Å². The maximum Gasteiger partial charge on any atom is 0.290 e. The molecule has 25 heavy (non-hydrogen) atoms. The average molecular weight is 338 g/mol. The summed E-state index contributed by atoms with van der Waals surface area (Å²) in [4.78, 5) is 23.2. The minimum absolute atomic E-state index is 0.141. The van der Waals surface area contributed by atoms with Crippen molar-refractivity contribution in [3.05, 3.63) is 54.6 Å². The number of furan rings is 1. The van der Waals surface area contributed by atoms with Gasteiger partial charge in [-0.2, -0.15) is 4.98 Å². The van der Waals surface area contributed by atoms with Gasteiger partial charge in [-0.05, 0) is 37.1 Å². The Morgan fingerprint density at radius 3 is 2.96 bits per heavy atom. The van der Waals surface area contributed by atoms with Gasteiger partial charge in [-0.25, -0.2) is 0 Å². The molecular weight excluding hydrogens is 320 g/mol. The monoisotopic (exact) mass is 338 g/mol. The molecule has 1 fully saturated rings. The lowest BCUT2D eigenvalue weighted by Gasteiger charge is -2.26. The van der Waals surface area contributed by atoms with Gasteiger partial charge in [0.1, 0.15) is 6.04 Å². The Kier molecular flexibility index (Phi) is 4.28. The van der Waals surface area contributed by atoms with Crippen molar-refractivity contribution in [2.45, 2.75) is 31.7 Å². The third kappa shape index (κ3) is 3.17. The molecular formula is C18H18N4O3. The van der Waals surface area contributed by atoms with Crippen LogP contribution in [0.15, 0.2) is 51.9 Å². The van der Waals surface area contributed by atoms with Crippen LogP contribution in [0.3, 0.4) is 0 Å². The van der Waals surface area contributed by atoms with Gasteiger partial charge in [0.2, 0.25) is 11.7 Å². The standard InChI is InChI=1S/C18H18N4O3/c23-18(15-8-5-11-24-15)22-10-3-1-2-7-14(22)17-20-16(21-25-17)13-6-4-9-19-12-13/h4-6,8-9,11-12,14H,1-3,7,10H2. The lowest BCUT2D eigenvalue weighted by molar-refractivity contribution is 0.0612. The van der Waals surface area contributed by atoms with Gasteiger partial charge < -0.3 is 13.8 Å². The Morgan fingerprint density at radius 1 is 1.20 bits per heavy atom. The molecule has 0 N–H and O–H groups in total. The first-order valence-corrected chi connectivity index (χ1v) is 8.41. The second kappa shape index (κ2) is 6.88. The zero-order chi connectivity index (χ0) is 17.1. The molecule has 7 nitrogen and oxygen atoms in total. The van der Waals surface area contributed by atoms with E-state index >= 15 is 0 Å². The number of likely N-dealkylation sites (tertiary alicyclic amines) is 1. The second-order valence-corrected chi connectivity index (χ2v) is 6.04. The quantitative estimate of drug-likeness (QED) is 0.727. The molecule has 7 heteroatoms. The molecule has 0 bridgehead atoms. The van der Waals surface area contributed by atoms with E-state index in [4.69, 9.17) is 8.94 Å². The summed E-state index contributed by atoms with van der Waals surface area (Å²) in [5, 5.41) is 4.06. The van der Waals surface area contributed by atoms with Crippen LogP contribution < -0.4 is 0 Å². The van der Waals surface area contributed by atoms with Gasteiger partial charge in [-0.15, -0.1) is 0 Å². The van der Waals surface area contributed by atoms with E-state index in [-0.39, 0.29) is 11.9 Å². The predicted octanol–water partition coefficient (Wildman–Crippen LogP) is 3.48. The van der Waals surface area contributed by atoms with Crippen LogP contribution in [-0.2, 0) is 0 Å². The van der Waals surface area contributed by atoms with Crippen LogP contribution >= 0.6 is 0 Å². The number of aromatic nitrogens is 3. The SMILES string of the molecule is O=C(c1ccco1)N1CCCCCC1c1nc(-c2cccnc2)no1. The number of pyridine rings is 1. The maximum atomic E-state index is 12.8. The Labute approximate surface area is 144 Å². The maximum absolute atomic E-state index is 12.8. The number of nitrogens with zero attached hydrogens (tertiary/aromatic N) is 4. The van der Waals surface area contributed by atoms with Crippen molar-refractivity contribution in [1.29, 1.82) is 0 Å². The Bertz CT molecular complexity index is 829. The van der Waals surface area contributed by atoms with Gasteiger partial charge >= 0.3 is 0 Å². The topological polar surface area (TPSA) is 85.3 Å². The molecule has 3 aromatic heterocycles. The van der Waals surface area contributed by atoms with Crippen LogP contribution in [0.1, 0.15) is 48.2 Å². The molecule has 1 unspecified atom stereocenters. The van der Waals surface area contributed by atoms with Crippen molar-refractivity contribution < 1.29 is 13.7 Å². The first kappa shape index (κ1) is 15.6. The highest BCUT2D eigenvalue weighted by molar-refractivity contribution is 5.91. The summed E-state index contributed by atoms with van der Waals surface area (Å²) >= 11 is 0. The summed E-state index contributed by atoms with van der Waals surface area (Å²) < 4.78 is 10.8. The number of carbonyl (C=O) groups excluding carboxylic acids is 1. The number of hydrogen-bond acceptors (Lipinski definition) is 6. The van der Waals surface area contributed by atoms with E-state index in [1.165, 1.54) is 6.26 Å². The summed E-state index contributed by atoms with van der Waals surface area (Å²) in [6.45, 7) is 0.648. The zero-order valence-electron chi connectivity index (χ0n) is 13.7. The molecule has 1 saturated heterocycles. The van der Waals surface area contributed by atoms with Crippen molar-refractivity contribution in [1.82, 2.24) is 20.0 Å². The summed E-state index contributed by atoms with van der Waals surface area (Å²) in [5.41, 5.74) is 0.787. The van der Waals surface area contributed by atoms with Crippen molar-refractivity contribution in [2.24, 2.45) is 0 Å². The predicted molar refractivity (Wildman–Crippen MR) is 88.5 cm³/mol. The van der Waals surface area contributed by atoms with Crippen molar-refractivity contribution in [3.8, 4) is 11.4 Å². The number of rotatable bonds is 3. The van der Waals surface area contributed by atoms with Crippen LogP contribution in [-0.4, -0.2) is 32.5 Å². The van der Waals surface area contributed by atoms with Crippen LogP contribution in [0, 0.1) is 0 Å². The minimum Gasteiger partial charge on any atom is -0.459 e. The van der Waals surface area contributed by atoms with Crippen molar-refractivity contribution in [3.63, 3.8) is 0 Å². The van der Waals surface area contributed by atoms with Gasteiger partial charge in [-0.3, -0.25) is 9.78 Å². The zero-order valence-corrected chi connectivity index (χ0v) is 13.7. The average Bonchev–Trinajstić information content (AvgIpc) is 3.30. The molecule has 0 spiro atoms. The number of amides is 1. The highest BCUT2D eigenvalue weighted by Crippen LogP contribution is 2.31. The van der Waals surface area contributed by atoms with Gasteiger partial charge in [0.05, 0.1) is 6.26 Å². The number of carbonyl (C=O) groups is 1. The molecule has 1 aliphatic rings. The van der Waals surface area contributed by atoms with Gasteiger partial charge in [-0.1, -0.05) is 18.0 Å². The third-order valence-electron chi connectivity index (χ3n) is 4.39. The summed E-state index contributed by atoms with van der Waals surface area (Å²) in [7, 11) is 0. The molecule has 1 aliphatic heterocycles. The smallest absolute Gasteiger partial charge is 0.290 e.